The van der Waals surface area contributed by atoms with Crippen molar-refractivity contribution < 1.29 is 14.7 Å². The van der Waals surface area contributed by atoms with Gasteiger partial charge in [-0.25, -0.2) is 14.8 Å². The summed E-state index contributed by atoms with van der Waals surface area (Å²) < 4.78 is 1.92. The van der Waals surface area contributed by atoms with E-state index in [4.69, 9.17) is 21.7 Å². The summed E-state index contributed by atoms with van der Waals surface area (Å²) in [6, 6.07) is 0.561. The van der Waals surface area contributed by atoms with Crippen LogP contribution in [0.5, 0.6) is 0 Å². The topological polar surface area (TPSA) is 146 Å². The smallest absolute Gasteiger partial charge is 0.404 e. The van der Waals surface area contributed by atoms with E-state index in [1.165, 1.54) is 18.5 Å². The fourth-order valence-electron chi connectivity index (χ4n) is 4.72. The molecule has 0 unspecified atom stereocenters. The van der Waals surface area contributed by atoms with Gasteiger partial charge in [-0.2, -0.15) is 5.10 Å². The second-order valence-electron chi connectivity index (χ2n) is 10.0. The zero-order valence-electron chi connectivity index (χ0n) is 21.3. The quantitative estimate of drug-likeness (QED) is 0.247. The van der Waals surface area contributed by atoms with Crippen molar-refractivity contribution in [1.82, 2.24) is 35.7 Å². The van der Waals surface area contributed by atoms with Gasteiger partial charge in [0.05, 0.1) is 29.7 Å². The van der Waals surface area contributed by atoms with Crippen molar-refractivity contribution >= 4 is 29.5 Å². The van der Waals surface area contributed by atoms with E-state index < -0.39 is 6.09 Å². The minimum Gasteiger partial charge on any atom is -0.465 e. The molecule has 4 rings (SSSR count). The monoisotopic (exact) mass is 532 g/mol. The molecule has 12 heteroatoms. The summed E-state index contributed by atoms with van der Waals surface area (Å²) in [4.78, 5) is 31.7. The molecule has 2 saturated carbocycles. The summed E-state index contributed by atoms with van der Waals surface area (Å²) in [5, 5.41) is 25.5. The van der Waals surface area contributed by atoms with E-state index in [2.05, 4.69) is 31.3 Å². The average Bonchev–Trinajstić information content (AvgIpc) is 3.63. The molecule has 0 spiro atoms. The first-order chi connectivity index (χ1) is 17.9. The highest BCUT2D eigenvalue weighted by Crippen LogP contribution is 2.37. The molecule has 11 nitrogen and oxygen atoms in total. The van der Waals surface area contributed by atoms with Crippen LogP contribution in [-0.4, -0.2) is 68.6 Å². The van der Waals surface area contributed by atoms with Gasteiger partial charge in [-0.05, 0) is 63.7 Å². The van der Waals surface area contributed by atoms with Gasteiger partial charge in [-0.15, -0.1) is 0 Å². The van der Waals surface area contributed by atoms with E-state index in [0.29, 0.717) is 36.5 Å². The lowest BCUT2D eigenvalue weighted by Crippen LogP contribution is -2.42. The number of carbonyl (C=O) groups is 2. The lowest BCUT2D eigenvalue weighted by Gasteiger charge is -2.29. The highest BCUT2D eigenvalue weighted by atomic mass is 35.5. The molecule has 5 N–H and O–H groups in total. The molecule has 2 aliphatic carbocycles. The molecule has 2 fully saturated rings. The van der Waals surface area contributed by atoms with Crippen LogP contribution >= 0.6 is 11.6 Å². The van der Waals surface area contributed by atoms with Crippen LogP contribution in [0.1, 0.15) is 57.1 Å². The van der Waals surface area contributed by atoms with Crippen LogP contribution in [0.15, 0.2) is 12.4 Å². The van der Waals surface area contributed by atoms with E-state index in [1.54, 1.807) is 6.20 Å². The largest absolute Gasteiger partial charge is 0.465 e. The standard InChI is InChI=1S/C25H37ClN8O3/c1-34-21(12-16-4-5-16)19(13-31-34)23-20(26)14-30-24(33-23)32-18-8-6-17(7-9-18)29-15-22(35)27-10-2-3-11-28-25(36)37/h13-14,16-18,28-29H,2-12,15H2,1H3,(H,27,35)(H,36,37)(H,30,32,33). The molecule has 0 aliphatic heterocycles. The number of amides is 2. The summed E-state index contributed by atoms with van der Waals surface area (Å²) in [6.07, 6.45) is 11.3. The van der Waals surface area contributed by atoms with Crippen LogP contribution in [0, 0.1) is 5.92 Å². The maximum Gasteiger partial charge on any atom is 0.404 e. The molecular formula is C25H37ClN8O3. The zero-order valence-corrected chi connectivity index (χ0v) is 22.1. The Bertz CT molecular complexity index is 1070. The first-order valence-corrected chi connectivity index (χ1v) is 13.5. The van der Waals surface area contributed by atoms with E-state index in [1.807, 2.05) is 17.9 Å². The Morgan fingerprint density at radius 3 is 2.46 bits per heavy atom. The van der Waals surface area contributed by atoms with Gasteiger partial charge >= 0.3 is 6.09 Å². The Morgan fingerprint density at radius 1 is 1.05 bits per heavy atom. The minimum atomic E-state index is -1.02. The van der Waals surface area contributed by atoms with Crippen molar-refractivity contribution in [3.63, 3.8) is 0 Å². The van der Waals surface area contributed by atoms with Gasteiger partial charge in [-0.3, -0.25) is 9.48 Å². The predicted octanol–water partition coefficient (Wildman–Crippen LogP) is 2.96. The zero-order chi connectivity index (χ0) is 26.2. The van der Waals surface area contributed by atoms with Crippen molar-refractivity contribution in [2.45, 2.75) is 69.9 Å². The Morgan fingerprint density at radius 2 is 1.76 bits per heavy atom. The van der Waals surface area contributed by atoms with E-state index in [-0.39, 0.29) is 18.5 Å². The minimum absolute atomic E-state index is 0.0370. The van der Waals surface area contributed by atoms with E-state index in [0.717, 1.165) is 55.7 Å². The molecule has 2 aromatic rings. The van der Waals surface area contributed by atoms with Gasteiger partial charge in [0.1, 0.15) is 0 Å². The van der Waals surface area contributed by atoms with Crippen LogP contribution in [0.25, 0.3) is 11.3 Å². The third-order valence-electron chi connectivity index (χ3n) is 7.05. The van der Waals surface area contributed by atoms with E-state index >= 15 is 0 Å². The number of unbranched alkanes of at least 4 members (excludes halogenated alkanes) is 1. The summed E-state index contributed by atoms with van der Waals surface area (Å²) in [6.45, 7) is 1.23. The predicted molar refractivity (Wildman–Crippen MR) is 142 cm³/mol. The molecule has 202 valence electrons. The summed E-state index contributed by atoms with van der Waals surface area (Å²) >= 11 is 6.50. The molecule has 0 saturated heterocycles. The summed E-state index contributed by atoms with van der Waals surface area (Å²) in [5.74, 6) is 1.27. The van der Waals surface area contributed by atoms with Crippen LogP contribution < -0.4 is 21.3 Å². The molecular weight excluding hydrogens is 496 g/mol. The number of aromatic nitrogens is 4. The third kappa shape index (κ3) is 8.29. The third-order valence-corrected chi connectivity index (χ3v) is 7.33. The number of hydrogen-bond donors (Lipinski definition) is 5. The molecule has 0 radical (unpaired) electrons. The second-order valence-corrected chi connectivity index (χ2v) is 10.4. The molecule has 2 aliphatic rings. The first-order valence-electron chi connectivity index (χ1n) is 13.2. The Labute approximate surface area is 222 Å². The molecule has 2 aromatic heterocycles. The van der Waals surface area contributed by atoms with Crippen molar-refractivity contribution in [3.8, 4) is 11.3 Å². The number of carboxylic acid groups (broad SMARTS) is 1. The Kier molecular flexibility index (Phi) is 9.56. The lowest BCUT2D eigenvalue weighted by molar-refractivity contribution is -0.120. The van der Waals surface area contributed by atoms with Crippen molar-refractivity contribution in [2.24, 2.45) is 13.0 Å². The van der Waals surface area contributed by atoms with Gasteiger partial charge in [-0.1, -0.05) is 11.6 Å². The number of nitrogens with zero attached hydrogens (tertiary/aromatic N) is 4. The van der Waals surface area contributed by atoms with Crippen LogP contribution in [0.3, 0.4) is 0 Å². The molecule has 0 bridgehead atoms. The average molecular weight is 533 g/mol. The van der Waals surface area contributed by atoms with Gasteiger partial charge in [0.25, 0.3) is 0 Å². The highest BCUT2D eigenvalue weighted by molar-refractivity contribution is 6.32. The number of anilines is 1. The van der Waals surface area contributed by atoms with Crippen LogP contribution in [-0.2, 0) is 18.3 Å². The van der Waals surface area contributed by atoms with E-state index in [9.17, 15) is 9.59 Å². The van der Waals surface area contributed by atoms with Gasteiger partial charge in [0, 0.05) is 43.5 Å². The van der Waals surface area contributed by atoms with Gasteiger partial charge in [0.15, 0.2) is 0 Å². The highest BCUT2D eigenvalue weighted by Gasteiger charge is 2.27. The molecule has 0 aromatic carbocycles. The van der Waals surface area contributed by atoms with Crippen LogP contribution in [0.4, 0.5) is 10.7 Å². The van der Waals surface area contributed by atoms with Gasteiger partial charge < -0.3 is 26.4 Å². The second kappa shape index (κ2) is 13.0. The normalized spacial score (nSPS) is 19.4. The molecule has 2 heterocycles. The summed E-state index contributed by atoms with van der Waals surface area (Å²) in [7, 11) is 1.97. The van der Waals surface area contributed by atoms with Gasteiger partial charge in [0.2, 0.25) is 11.9 Å². The fourth-order valence-corrected chi connectivity index (χ4v) is 4.91. The summed E-state index contributed by atoms with van der Waals surface area (Å²) in [5.41, 5.74) is 2.87. The number of aryl methyl sites for hydroxylation is 1. The maximum absolute atomic E-state index is 12.1. The molecule has 37 heavy (non-hydrogen) atoms. The Hall–Kier alpha value is -2.92. The molecule has 0 atom stereocenters. The number of nitrogens with one attached hydrogen (secondary N) is 4. The maximum atomic E-state index is 12.1. The number of rotatable bonds is 13. The van der Waals surface area contributed by atoms with Crippen molar-refractivity contribution in [2.75, 3.05) is 25.0 Å². The number of carbonyl (C=O) groups excluding carboxylic acids is 1. The Balaban J connectivity index is 1.19. The number of hydrogen-bond acceptors (Lipinski definition) is 7. The van der Waals surface area contributed by atoms with Crippen LogP contribution in [0.2, 0.25) is 5.02 Å². The molecule has 2 amide bonds. The number of halogens is 1. The lowest BCUT2D eigenvalue weighted by atomic mass is 9.91. The van der Waals surface area contributed by atoms with Crippen molar-refractivity contribution in [3.05, 3.63) is 23.1 Å². The fraction of sp³-hybridized carbons (Fsp3) is 0.640. The first kappa shape index (κ1) is 27.1. The SMILES string of the molecule is Cn1ncc(-c2nc(NC3CCC(NCC(=O)NCCCCNC(=O)O)CC3)ncc2Cl)c1CC1CC1. The van der Waals surface area contributed by atoms with Crippen molar-refractivity contribution in [1.29, 1.82) is 0 Å².